The lowest BCUT2D eigenvalue weighted by Gasteiger charge is -2.26. The van der Waals surface area contributed by atoms with Gasteiger partial charge in [-0.3, -0.25) is 4.79 Å². The predicted octanol–water partition coefficient (Wildman–Crippen LogP) is 2.16. The largest absolute Gasteiger partial charge is 0.341 e. The molecule has 6 nitrogen and oxygen atoms in total. The van der Waals surface area contributed by atoms with Gasteiger partial charge >= 0.3 is 0 Å². The van der Waals surface area contributed by atoms with Crippen molar-refractivity contribution in [1.29, 1.82) is 5.26 Å². The molecule has 1 heterocycles. The van der Waals surface area contributed by atoms with Crippen LogP contribution >= 0.6 is 0 Å². The Bertz CT molecular complexity index is 747. The molecule has 0 spiro atoms. The third-order valence-electron chi connectivity index (χ3n) is 4.30. The van der Waals surface area contributed by atoms with Crippen LogP contribution in [0.15, 0.2) is 23.1 Å². The number of carbonyl (C=O) groups is 1. The van der Waals surface area contributed by atoms with Crippen molar-refractivity contribution in [3.63, 3.8) is 0 Å². The number of nitrogens with zero attached hydrogens (tertiary/aromatic N) is 3. The maximum Gasteiger partial charge on any atom is 0.253 e. The number of aryl methyl sites for hydroxylation is 1. The minimum atomic E-state index is -3.57. The molecule has 0 radical (unpaired) electrons. The van der Waals surface area contributed by atoms with Crippen LogP contribution in [0.4, 0.5) is 0 Å². The molecule has 0 saturated carbocycles. The second kappa shape index (κ2) is 7.77. The average Bonchev–Trinajstić information content (AvgIpc) is 2.60. The first kappa shape index (κ1) is 18.4. The van der Waals surface area contributed by atoms with Crippen molar-refractivity contribution in [2.75, 3.05) is 26.7 Å². The molecule has 0 atom stereocenters. The van der Waals surface area contributed by atoms with E-state index in [0.29, 0.717) is 25.2 Å². The molecule has 0 bridgehead atoms. The van der Waals surface area contributed by atoms with Crippen LogP contribution in [0.1, 0.15) is 41.6 Å². The highest BCUT2D eigenvalue weighted by atomic mass is 32.2. The van der Waals surface area contributed by atoms with Gasteiger partial charge < -0.3 is 4.90 Å². The predicted molar refractivity (Wildman–Crippen MR) is 91.0 cm³/mol. The number of amides is 1. The van der Waals surface area contributed by atoms with Gasteiger partial charge in [-0.1, -0.05) is 12.5 Å². The molecule has 1 aromatic carbocycles. The first-order valence-electron chi connectivity index (χ1n) is 8.11. The summed E-state index contributed by atoms with van der Waals surface area (Å²) in [4.78, 5) is 14.1. The van der Waals surface area contributed by atoms with E-state index in [1.165, 1.54) is 15.3 Å². The van der Waals surface area contributed by atoms with Crippen molar-refractivity contribution in [2.45, 2.75) is 37.5 Å². The Morgan fingerprint density at radius 2 is 1.96 bits per heavy atom. The van der Waals surface area contributed by atoms with Gasteiger partial charge in [0.15, 0.2) is 0 Å². The number of carbonyl (C=O) groups excluding carboxylic acids is 1. The fourth-order valence-corrected chi connectivity index (χ4v) is 4.32. The summed E-state index contributed by atoms with van der Waals surface area (Å²) in [5, 5.41) is 8.64. The molecule has 0 aromatic heterocycles. The number of sulfonamides is 1. The summed E-state index contributed by atoms with van der Waals surface area (Å²) in [7, 11) is -1.95. The van der Waals surface area contributed by atoms with E-state index in [1.807, 2.05) is 6.07 Å². The van der Waals surface area contributed by atoms with E-state index < -0.39 is 10.0 Å². The molecule has 1 amide bonds. The van der Waals surface area contributed by atoms with Crippen LogP contribution < -0.4 is 0 Å². The zero-order valence-electron chi connectivity index (χ0n) is 14.2. The number of rotatable bonds is 5. The molecule has 1 aliphatic heterocycles. The topological polar surface area (TPSA) is 81.5 Å². The molecular weight excluding hydrogens is 326 g/mol. The van der Waals surface area contributed by atoms with Crippen molar-refractivity contribution in [2.24, 2.45) is 0 Å². The Balaban J connectivity index is 2.31. The van der Waals surface area contributed by atoms with Gasteiger partial charge in [0.1, 0.15) is 0 Å². The minimum Gasteiger partial charge on any atom is -0.341 e. The van der Waals surface area contributed by atoms with Gasteiger partial charge in [0.2, 0.25) is 10.0 Å². The summed E-state index contributed by atoms with van der Waals surface area (Å²) in [5.74, 6) is -0.265. The van der Waals surface area contributed by atoms with E-state index in [0.717, 1.165) is 24.8 Å². The van der Waals surface area contributed by atoms with Crippen LogP contribution in [0.5, 0.6) is 0 Å². The lowest BCUT2D eigenvalue weighted by Crippen LogP contribution is -2.36. The Kier molecular flexibility index (Phi) is 5.97. The molecule has 130 valence electrons. The highest BCUT2D eigenvalue weighted by Gasteiger charge is 2.27. The third-order valence-corrected chi connectivity index (χ3v) is 6.19. The fraction of sp³-hybridized carbons (Fsp3) is 0.529. The molecule has 0 aliphatic carbocycles. The third kappa shape index (κ3) is 3.94. The Morgan fingerprint density at radius 1 is 1.29 bits per heavy atom. The van der Waals surface area contributed by atoms with Gasteiger partial charge in [-0.2, -0.15) is 9.57 Å². The molecule has 0 N–H and O–H groups in total. The molecule has 24 heavy (non-hydrogen) atoms. The normalized spacial score (nSPS) is 15.7. The lowest BCUT2D eigenvalue weighted by molar-refractivity contribution is 0.0797. The second-order valence-corrected chi connectivity index (χ2v) is 8.01. The van der Waals surface area contributed by atoms with Gasteiger partial charge in [0.05, 0.1) is 17.4 Å². The van der Waals surface area contributed by atoms with E-state index >= 15 is 0 Å². The van der Waals surface area contributed by atoms with Crippen molar-refractivity contribution < 1.29 is 13.2 Å². The molecule has 1 saturated heterocycles. The summed E-state index contributed by atoms with van der Waals surface area (Å²) in [6, 6.07) is 6.69. The number of piperidine rings is 1. The first-order chi connectivity index (χ1) is 11.4. The first-order valence-corrected chi connectivity index (χ1v) is 9.55. The monoisotopic (exact) mass is 349 g/mol. The summed E-state index contributed by atoms with van der Waals surface area (Å²) in [5.41, 5.74) is 1.09. The summed E-state index contributed by atoms with van der Waals surface area (Å²) in [6.07, 6.45) is 3.03. The van der Waals surface area contributed by atoms with Crippen molar-refractivity contribution in [1.82, 2.24) is 9.21 Å². The Morgan fingerprint density at radius 3 is 2.58 bits per heavy atom. The van der Waals surface area contributed by atoms with Crippen molar-refractivity contribution in [3.8, 4) is 6.07 Å². The maximum absolute atomic E-state index is 12.8. The quantitative estimate of drug-likeness (QED) is 0.816. The number of hydrogen-bond donors (Lipinski definition) is 0. The molecule has 2 rings (SSSR count). The van der Waals surface area contributed by atoms with Gasteiger partial charge in [-0.05, 0) is 37.5 Å². The van der Waals surface area contributed by atoms with Gasteiger partial charge in [0.25, 0.3) is 5.91 Å². The van der Waals surface area contributed by atoms with E-state index in [2.05, 4.69) is 0 Å². The van der Waals surface area contributed by atoms with Crippen LogP contribution in [-0.2, 0) is 10.0 Å². The van der Waals surface area contributed by atoms with Crippen molar-refractivity contribution >= 4 is 15.9 Å². The molecule has 1 aliphatic rings. The molecule has 7 heteroatoms. The van der Waals surface area contributed by atoms with Crippen LogP contribution in [0, 0.1) is 18.3 Å². The van der Waals surface area contributed by atoms with Gasteiger partial charge in [-0.15, -0.1) is 0 Å². The van der Waals surface area contributed by atoms with Crippen LogP contribution in [0.3, 0.4) is 0 Å². The molecule has 0 unspecified atom stereocenters. The standard InChI is InChI=1S/C17H23N3O3S/c1-14-7-8-15(24(22,23)20-11-4-3-5-12-20)13-16(14)17(21)19(2)10-6-9-18/h7-8,13H,3-6,10-12H2,1-2H3. The van der Waals surface area contributed by atoms with E-state index in [-0.39, 0.29) is 17.2 Å². The summed E-state index contributed by atoms with van der Waals surface area (Å²) in [6.45, 7) is 3.16. The second-order valence-electron chi connectivity index (χ2n) is 6.08. The highest BCUT2D eigenvalue weighted by molar-refractivity contribution is 7.89. The zero-order valence-corrected chi connectivity index (χ0v) is 15.0. The molecule has 1 aromatic rings. The van der Waals surface area contributed by atoms with E-state index in [9.17, 15) is 13.2 Å². The fourth-order valence-electron chi connectivity index (χ4n) is 2.77. The smallest absolute Gasteiger partial charge is 0.253 e. The number of benzene rings is 1. The van der Waals surface area contributed by atoms with E-state index in [4.69, 9.17) is 5.26 Å². The van der Waals surface area contributed by atoms with Gasteiger partial charge in [0, 0.05) is 32.2 Å². The average molecular weight is 349 g/mol. The van der Waals surface area contributed by atoms with Crippen molar-refractivity contribution in [3.05, 3.63) is 29.3 Å². The number of hydrogen-bond acceptors (Lipinski definition) is 4. The van der Waals surface area contributed by atoms with Crippen LogP contribution in [0.2, 0.25) is 0 Å². The molecular formula is C17H23N3O3S. The van der Waals surface area contributed by atoms with Crippen LogP contribution in [-0.4, -0.2) is 50.2 Å². The summed E-state index contributed by atoms with van der Waals surface area (Å²) < 4.78 is 27.0. The van der Waals surface area contributed by atoms with E-state index in [1.54, 1.807) is 26.1 Å². The number of nitriles is 1. The Labute approximate surface area is 143 Å². The molecule has 1 fully saturated rings. The SMILES string of the molecule is Cc1ccc(S(=O)(=O)N2CCCCC2)cc1C(=O)N(C)CCC#N. The lowest BCUT2D eigenvalue weighted by atomic mass is 10.1. The Hall–Kier alpha value is -1.91. The highest BCUT2D eigenvalue weighted by Crippen LogP contribution is 2.23. The zero-order chi connectivity index (χ0) is 17.7. The minimum absolute atomic E-state index is 0.159. The van der Waals surface area contributed by atoms with Crippen LogP contribution in [0.25, 0.3) is 0 Å². The summed E-state index contributed by atoms with van der Waals surface area (Å²) >= 11 is 0. The van der Waals surface area contributed by atoms with Gasteiger partial charge in [-0.25, -0.2) is 8.42 Å². The maximum atomic E-state index is 12.8.